The molecule has 2 fully saturated rings. The number of hydrogen-bond acceptors (Lipinski definition) is 3. The topological polar surface area (TPSA) is 23.6 Å². The van der Waals surface area contributed by atoms with Crippen LogP contribution in [-0.4, -0.2) is 47.9 Å². The molecule has 2 heterocycles. The molecule has 0 bridgehead atoms. The number of carbonyl (C=O) groups excluding carboxylic acids is 1. The molecule has 23 heavy (non-hydrogen) atoms. The van der Waals surface area contributed by atoms with Crippen LogP contribution in [-0.2, 0) is 12.8 Å². The van der Waals surface area contributed by atoms with Crippen LogP contribution in [0.15, 0.2) is 5.38 Å². The van der Waals surface area contributed by atoms with Crippen molar-refractivity contribution in [1.29, 1.82) is 0 Å². The standard InChI is InChI=1S/C19H28N2OS/c1-14-6-7-16-17(13-23-18(16)12-14)19(22)21-10-8-20(9-11-21)15-4-2-3-5-15/h13-15H,2-12H2,1H3. The summed E-state index contributed by atoms with van der Waals surface area (Å²) in [7, 11) is 0. The van der Waals surface area contributed by atoms with E-state index in [0.29, 0.717) is 5.91 Å². The van der Waals surface area contributed by atoms with Crippen LogP contribution in [0.3, 0.4) is 0 Å². The third kappa shape index (κ3) is 3.08. The van der Waals surface area contributed by atoms with Crippen molar-refractivity contribution in [2.75, 3.05) is 26.2 Å². The number of thiophene rings is 1. The Hall–Kier alpha value is -0.870. The molecular weight excluding hydrogens is 304 g/mol. The van der Waals surface area contributed by atoms with E-state index in [2.05, 4.69) is 22.1 Å². The molecule has 1 aromatic rings. The number of amides is 1. The van der Waals surface area contributed by atoms with Crippen molar-refractivity contribution in [3.8, 4) is 0 Å². The Labute approximate surface area is 143 Å². The van der Waals surface area contributed by atoms with Crippen LogP contribution in [0.4, 0.5) is 0 Å². The van der Waals surface area contributed by atoms with Gasteiger partial charge in [-0.25, -0.2) is 0 Å². The summed E-state index contributed by atoms with van der Waals surface area (Å²) < 4.78 is 0. The minimum absolute atomic E-state index is 0.295. The smallest absolute Gasteiger partial charge is 0.255 e. The number of piperazine rings is 1. The summed E-state index contributed by atoms with van der Waals surface area (Å²) in [5.74, 6) is 1.07. The van der Waals surface area contributed by atoms with Crippen LogP contribution in [0.2, 0.25) is 0 Å². The molecule has 0 aromatic carbocycles. The Morgan fingerprint density at radius 1 is 1.13 bits per heavy atom. The van der Waals surface area contributed by atoms with E-state index in [1.54, 1.807) is 0 Å². The molecule has 1 unspecified atom stereocenters. The highest BCUT2D eigenvalue weighted by Gasteiger charge is 2.30. The first kappa shape index (κ1) is 15.6. The lowest BCUT2D eigenvalue weighted by molar-refractivity contribution is 0.0572. The van der Waals surface area contributed by atoms with Gasteiger partial charge in [0, 0.05) is 42.5 Å². The van der Waals surface area contributed by atoms with E-state index in [-0.39, 0.29) is 0 Å². The second-order valence-electron chi connectivity index (χ2n) is 7.67. The van der Waals surface area contributed by atoms with Crippen molar-refractivity contribution in [1.82, 2.24) is 9.80 Å². The molecule has 1 saturated carbocycles. The molecule has 126 valence electrons. The average Bonchev–Trinajstić information content (AvgIpc) is 3.23. The predicted octanol–water partition coefficient (Wildman–Crippen LogP) is 3.57. The van der Waals surface area contributed by atoms with Gasteiger partial charge in [0.2, 0.25) is 0 Å². The quantitative estimate of drug-likeness (QED) is 0.826. The van der Waals surface area contributed by atoms with E-state index in [4.69, 9.17) is 0 Å². The Morgan fingerprint density at radius 3 is 2.61 bits per heavy atom. The summed E-state index contributed by atoms with van der Waals surface area (Å²) in [6.45, 7) is 6.29. The monoisotopic (exact) mass is 332 g/mol. The van der Waals surface area contributed by atoms with Gasteiger partial charge in [0.25, 0.3) is 5.91 Å². The Balaban J connectivity index is 1.40. The van der Waals surface area contributed by atoms with Crippen LogP contribution in [0, 0.1) is 5.92 Å². The minimum Gasteiger partial charge on any atom is -0.336 e. The maximum absolute atomic E-state index is 13.0. The lowest BCUT2D eigenvalue weighted by Crippen LogP contribution is -2.51. The summed E-state index contributed by atoms with van der Waals surface area (Å²) in [4.78, 5) is 19.2. The number of carbonyl (C=O) groups is 1. The van der Waals surface area contributed by atoms with Gasteiger partial charge < -0.3 is 4.90 Å². The highest BCUT2D eigenvalue weighted by molar-refractivity contribution is 7.10. The SMILES string of the molecule is CC1CCc2c(C(=O)N3CCN(C4CCCC4)CC3)csc2C1. The summed E-state index contributed by atoms with van der Waals surface area (Å²) in [5.41, 5.74) is 2.39. The predicted molar refractivity (Wildman–Crippen MR) is 95.2 cm³/mol. The first-order valence-corrected chi connectivity index (χ1v) is 10.2. The molecule has 3 nitrogen and oxygen atoms in total. The Kier molecular flexibility index (Phi) is 4.46. The Morgan fingerprint density at radius 2 is 1.87 bits per heavy atom. The lowest BCUT2D eigenvalue weighted by Gasteiger charge is -2.38. The summed E-state index contributed by atoms with van der Waals surface area (Å²) in [5, 5.41) is 2.13. The average molecular weight is 333 g/mol. The van der Waals surface area contributed by atoms with Gasteiger partial charge in [0.1, 0.15) is 0 Å². The molecule has 4 rings (SSSR count). The van der Waals surface area contributed by atoms with E-state index in [0.717, 1.165) is 50.1 Å². The fourth-order valence-electron chi connectivity index (χ4n) is 4.59. The van der Waals surface area contributed by atoms with Gasteiger partial charge >= 0.3 is 0 Å². The van der Waals surface area contributed by atoms with E-state index in [1.165, 1.54) is 49.0 Å². The minimum atomic E-state index is 0.295. The highest BCUT2D eigenvalue weighted by Crippen LogP contribution is 2.33. The van der Waals surface area contributed by atoms with Gasteiger partial charge in [-0.3, -0.25) is 9.69 Å². The molecule has 2 aliphatic carbocycles. The maximum Gasteiger partial charge on any atom is 0.255 e. The molecule has 1 amide bonds. The number of nitrogens with zero attached hydrogens (tertiary/aromatic N) is 2. The number of hydrogen-bond donors (Lipinski definition) is 0. The Bertz CT molecular complexity index is 568. The number of rotatable bonds is 2. The fourth-order valence-corrected chi connectivity index (χ4v) is 5.82. The van der Waals surface area contributed by atoms with Crippen molar-refractivity contribution in [2.45, 2.75) is 57.9 Å². The first-order chi connectivity index (χ1) is 11.2. The largest absolute Gasteiger partial charge is 0.336 e. The zero-order valence-corrected chi connectivity index (χ0v) is 15.0. The van der Waals surface area contributed by atoms with Crippen LogP contribution < -0.4 is 0 Å². The van der Waals surface area contributed by atoms with Gasteiger partial charge in [0.15, 0.2) is 0 Å². The fraction of sp³-hybridized carbons (Fsp3) is 0.737. The molecule has 0 spiro atoms. The number of fused-ring (bicyclic) bond motifs is 1. The zero-order valence-electron chi connectivity index (χ0n) is 14.2. The van der Waals surface area contributed by atoms with Gasteiger partial charge in [0.05, 0.1) is 5.56 Å². The van der Waals surface area contributed by atoms with E-state index in [1.807, 2.05) is 11.3 Å². The van der Waals surface area contributed by atoms with Crippen molar-refractivity contribution in [3.05, 3.63) is 21.4 Å². The van der Waals surface area contributed by atoms with E-state index >= 15 is 0 Å². The normalized spacial score (nSPS) is 26.5. The molecule has 0 N–H and O–H groups in total. The molecule has 1 atom stereocenters. The van der Waals surface area contributed by atoms with E-state index in [9.17, 15) is 4.79 Å². The molecule has 1 saturated heterocycles. The molecule has 1 aromatic heterocycles. The highest BCUT2D eigenvalue weighted by atomic mass is 32.1. The molecule has 0 radical (unpaired) electrons. The molecule has 3 aliphatic rings. The first-order valence-electron chi connectivity index (χ1n) is 9.35. The van der Waals surface area contributed by atoms with Crippen LogP contribution >= 0.6 is 11.3 Å². The van der Waals surface area contributed by atoms with Crippen molar-refractivity contribution in [3.63, 3.8) is 0 Å². The summed E-state index contributed by atoms with van der Waals surface area (Å²) in [6, 6.07) is 0.794. The second kappa shape index (κ2) is 6.56. The third-order valence-corrected chi connectivity index (χ3v) is 7.13. The lowest BCUT2D eigenvalue weighted by atomic mass is 9.88. The van der Waals surface area contributed by atoms with Crippen LogP contribution in [0.25, 0.3) is 0 Å². The third-order valence-electron chi connectivity index (χ3n) is 6.07. The zero-order chi connectivity index (χ0) is 15.8. The van der Waals surface area contributed by atoms with Gasteiger partial charge in [-0.2, -0.15) is 0 Å². The van der Waals surface area contributed by atoms with Crippen LogP contribution in [0.1, 0.15) is 59.8 Å². The summed E-state index contributed by atoms with van der Waals surface area (Å²) >= 11 is 1.81. The second-order valence-corrected chi connectivity index (χ2v) is 8.63. The van der Waals surface area contributed by atoms with Crippen LogP contribution in [0.5, 0.6) is 0 Å². The van der Waals surface area contributed by atoms with Gasteiger partial charge in [-0.05, 0) is 43.6 Å². The maximum atomic E-state index is 13.0. The van der Waals surface area contributed by atoms with Gasteiger partial charge in [-0.1, -0.05) is 19.8 Å². The van der Waals surface area contributed by atoms with Crippen molar-refractivity contribution < 1.29 is 4.79 Å². The molecule has 4 heteroatoms. The van der Waals surface area contributed by atoms with E-state index < -0.39 is 0 Å². The van der Waals surface area contributed by atoms with Crippen molar-refractivity contribution in [2.24, 2.45) is 5.92 Å². The molecular formula is C19H28N2OS. The summed E-state index contributed by atoms with van der Waals surface area (Å²) in [6.07, 6.45) is 9.02. The van der Waals surface area contributed by atoms with Gasteiger partial charge in [-0.15, -0.1) is 11.3 Å². The van der Waals surface area contributed by atoms with Crippen molar-refractivity contribution >= 4 is 17.2 Å². The molecule has 1 aliphatic heterocycles.